The lowest BCUT2D eigenvalue weighted by Gasteiger charge is -2.24. The van der Waals surface area contributed by atoms with Gasteiger partial charge in [0.15, 0.2) is 0 Å². The zero-order valence-electron chi connectivity index (χ0n) is 15.6. The van der Waals surface area contributed by atoms with Gasteiger partial charge in [0.05, 0.1) is 42.9 Å². The lowest BCUT2D eigenvalue weighted by molar-refractivity contribution is 0.394. The fourth-order valence-electron chi connectivity index (χ4n) is 3.52. The van der Waals surface area contributed by atoms with Gasteiger partial charge < -0.3 is 25.0 Å². The number of para-hydroxylation sites is 2. The number of fused-ring (bicyclic) bond motifs is 1. The molecule has 2 aliphatic heterocycles. The van der Waals surface area contributed by atoms with Crippen molar-refractivity contribution in [3.05, 3.63) is 66.0 Å². The van der Waals surface area contributed by atoms with Crippen LogP contribution < -0.4 is 25.0 Å². The number of amidine groups is 1. The first kappa shape index (κ1) is 17.0. The summed E-state index contributed by atoms with van der Waals surface area (Å²) in [6.07, 6.45) is 0. The van der Waals surface area contributed by atoms with Crippen molar-refractivity contribution >= 4 is 22.9 Å². The van der Waals surface area contributed by atoms with Crippen molar-refractivity contribution in [1.82, 2.24) is 0 Å². The van der Waals surface area contributed by atoms with E-state index < -0.39 is 0 Å². The van der Waals surface area contributed by atoms with Crippen LogP contribution in [0, 0.1) is 5.41 Å². The van der Waals surface area contributed by atoms with Gasteiger partial charge in [-0.05, 0) is 24.6 Å². The molecule has 0 saturated carbocycles. The Morgan fingerprint density at radius 3 is 2.07 bits per heavy atom. The van der Waals surface area contributed by atoms with E-state index in [0.717, 1.165) is 34.0 Å². The normalized spacial score (nSPS) is 18.3. The van der Waals surface area contributed by atoms with Crippen LogP contribution in [-0.4, -0.2) is 26.1 Å². The maximum absolute atomic E-state index is 8.83. The molecule has 0 aromatic heterocycles. The summed E-state index contributed by atoms with van der Waals surface area (Å²) in [6.45, 7) is 6.29. The summed E-state index contributed by atoms with van der Waals surface area (Å²) in [5.41, 5.74) is 4.48. The summed E-state index contributed by atoms with van der Waals surface area (Å²) in [7, 11) is 3.24. The Hall–Kier alpha value is -3.41. The van der Waals surface area contributed by atoms with Crippen molar-refractivity contribution in [3.8, 4) is 11.5 Å². The smallest absolute Gasteiger partial charge is 0.137 e. The fraction of sp³-hybridized carbons (Fsp3) is 0.190. The molecule has 138 valence electrons. The SMILES string of the molecule is C=C1C(=C2Nc3ccccc3N2)C(=N)N(c2cc(OC)cc(OC)c2)C1C. The van der Waals surface area contributed by atoms with Crippen LogP contribution in [0.2, 0.25) is 0 Å². The second-order valence-corrected chi connectivity index (χ2v) is 6.54. The molecule has 1 unspecified atom stereocenters. The molecule has 6 heteroatoms. The molecule has 1 fully saturated rings. The molecular weight excluding hydrogens is 340 g/mol. The minimum atomic E-state index is -0.0656. The van der Waals surface area contributed by atoms with Crippen LogP contribution in [0.25, 0.3) is 0 Å². The number of hydrogen-bond acceptors (Lipinski definition) is 5. The monoisotopic (exact) mass is 362 g/mol. The zero-order chi connectivity index (χ0) is 19.1. The molecule has 2 heterocycles. The van der Waals surface area contributed by atoms with Crippen molar-refractivity contribution < 1.29 is 9.47 Å². The molecule has 4 rings (SSSR count). The highest BCUT2D eigenvalue weighted by atomic mass is 16.5. The first-order valence-electron chi connectivity index (χ1n) is 8.71. The molecule has 0 bridgehead atoms. The van der Waals surface area contributed by atoms with Gasteiger partial charge in [-0.2, -0.15) is 0 Å². The molecule has 0 amide bonds. The lowest BCUT2D eigenvalue weighted by atomic mass is 10.1. The van der Waals surface area contributed by atoms with Crippen molar-refractivity contribution in [2.75, 3.05) is 29.8 Å². The predicted molar refractivity (Wildman–Crippen MR) is 109 cm³/mol. The lowest BCUT2D eigenvalue weighted by Crippen LogP contribution is -2.31. The van der Waals surface area contributed by atoms with Crippen molar-refractivity contribution in [2.45, 2.75) is 13.0 Å². The maximum atomic E-state index is 8.83. The minimum Gasteiger partial charge on any atom is -0.497 e. The standard InChI is InChI=1S/C21H22N4O2/c1-12-13(2)25(14-9-15(26-3)11-16(10-14)27-4)20(22)19(12)21-23-17-7-5-6-8-18(17)24-21/h5-11,13,22-24H,1H2,2-4H3. The van der Waals surface area contributed by atoms with Crippen LogP contribution in [0.15, 0.2) is 66.0 Å². The van der Waals surface area contributed by atoms with E-state index in [1.54, 1.807) is 14.2 Å². The number of benzene rings is 2. The van der Waals surface area contributed by atoms with Gasteiger partial charge in [0.2, 0.25) is 0 Å². The largest absolute Gasteiger partial charge is 0.497 e. The second-order valence-electron chi connectivity index (χ2n) is 6.54. The summed E-state index contributed by atoms with van der Waals surface area (Å²) in [5.74, 6) is 2.53. The first-order valence-corrected chi connectivity index (χ1v) is 8.71. The molecule has 0 spiro atoms. The first-order chi connectivity index (χ1) is 13.0. The number of ether oxygens (including phenoxy) is 2. The molecule has 0 radical (unpaired) electrons. The van der Waals surface area contributed by atoms with Crippen LogP contribution in [-0.2, 0) is 0 Å². The fourth-order valence-corrected chi connectivity index (χ4v) is 3.52. The van der Waals surface area contributed by atoms with E-state index >= 15 is 0 Å². The zero-order valence-corrected chi connectivity index (χ0v) is 15.6. The molecule has 27 heavy (non-hydrogen) atoms. The molecule has 2 aromatic carbocycles. The Labute approximate surface area is 158 Å². The van der Waals surface area contributed by atoms with Crippen molar-refractivity contribution in [2.24, 2.45) is 0 Å². The highest BCUT2D eigenvalue weighted by Crippen LogP contribution is 2.40. The van der Waals surface area contributed by atoms with E-state index in [0.29, 0.717) is 17.3 Å². The van der Waals surface area contributed by atoms with Gasteiger partial charge in [-0.3, -0.25) is 5.41 Å². The van der Waals surface area contributed by atoms with E-state index in [9.17, 15) is 0 Å². The minimum absolute atomic E-state index is 0.0656. The number of nitrogens with one attached hydrogen (secondary N) is 3. The molecule has 1 saturated heterocycles. The predicted octanol–water partition coefficient (Wildman–Crippen LogP) is 4.19. The van der Waals surface area contributed by atoms with Crippen LogP contribution in [0.1, 0.15) is 6.92 Å². The van der Waals surface area contributed by atoms with Crippen LogP contribution in [0.3, 0.4) is 0 Å². The number of hydrogen-bond donors (Lipinski definition) is 3. The molecule has 2 aliphatic rings. The average molecular weight is 362 g/mol. The number of methoxy groups -OCH3 is 2. The molecule has 3 N–H and O–H groups in total. The molecular formula is C21H22N4O2. The van der Waals surface area contributed by atoms with E-state index in [1.807, 2.05) is 54.3 Å². The third-order valence-electron chi connectivity index (χ3n) is 5.00. The van der Waals surface area contributed by atoms with Crippen LogP contribution >= 0.6 is 0 Å². The molecule has 2 aromatic rings. The molecule has 0 aliphatic carbocycles. The Morgan fingerprint density at radius 2 is 1.56 bits per heavy atom. The topological polar surface area (TPSA) is 69.6 Å². The van der Waals surface area contributed by atoms with E-state index in [-0.39, 0.29) is 6.04 Å². The number of nitrogens with zero attached hydrogens (tertiary/aromatic N) is 1. The summed E-state index contributed by atoms with van der Waals surface area (Å²) in [6, 6.07) is 13.5. The molecule has 6 nitrogen and oxygen atoms in total. The van der Waals surface area contributed by atoms with Crippen molar-refractivity contribution in [3.63, 3.8) is 0 Å². The van der Waals surface area contributed by atoms with E-state index in [2.05, 4.69) is 17.2 Å². The highest BCUT2D eigenvalue weighted by Gasteiger charge is 2.37. The molecule has 1 atom stereocenters. The second kappa shape index (κ2) is 6.39. The van der Waals surface area contributed by atoms with Crippen molar-refractivity contribution in [1.29, 1.82) is 5.41 Å². The van der Waals surface area contributed by atoms with E-state index in [1.165, 1.54) is 0 Å². The van der Waals surface area contributed by atoms with Gasteiger partial charge in [0, 0.05) is 18.2 Å². The van der Waals surface area contributed by atoms with Gasteiger partial charge in [0.25, 0.3) is 0 Å². The Balaban J connectivity index is 1.75. The Bertz CT molecular complexity index is 931. The number of rotatable bonds is 3. The summed E-state index contributed by atoms with van der Waals surface area (Å²) >= 11 is 0. The summed E-state index contributed by atoms with van der Waals surface area (Å²) in [5, 5.41) is 15.6. The van der Waals surface area contributed by atoms with Gasteiger partial charge in [-0.15, -0.1) is 0 Å². The third kappa shape index (κ3) is 2.70. The van der Waals surface area contributed by atoms with Crippen LogP contribution in [0.4, 0.5) is 17.1 Å². The average Bonchev–Trinajstić information content (AvgIpc) is 3.19. The summed E-state index contributed by atoms with van der Waals surface area (Å²) in [4.78, 5) is 1.93. The van der Waals surface area contributed by atoms with Gasteiger partial charge in [0.1, 0.15) is 23.2 Å². The van der Waals surface area contributed by atoms with Gasteiger partial charge >= 0.3 is 0 Å². The summed E-state index contributed by atoms with van der Waals surface area (Å²) < 4.78 is 10.8. The van der Waals surface area contributed by atoms with Gasteiger partial charge in [-0.25, -0.2) is 0 Å². The van der Waals surface area contributed by atoms with E-state index in [4.69, 9.17) is 14.9 Å². The quantitative estimate of drug-likeness (QED) is 0.764. The van der Waals surface area contributed by atoms with Crippen LogP contribution in [0.5, 0.6) is 11.5 Å². The highest BCUT2D eigenvalue weighted by molar-refractivity contribution is 6.16. The third-order valence-corrected chi connectivity index (χ3v) is 5.00. The number of anilines is 3. The Kier molecular flexibility index (Phi) is 4.03. The van der Waals surface area contributed by atoms with Gasteiger partial charge in [-0.1, -0.05) is 18.7 Å². The Morgan fingerprint density at radius 1 is 1.00 bits per heavy atom. The maximum Gasteiger partial charge on any atom is 0.137 e.